The number of rotatable bonds is 2. The van der Waals surface area contributed by atoms with Crippen molar-refractivity contribution in [1.82, 2.24) is 9.55 Å². The van der Waals surface area contributed by atoms with Gasteiger partial charge in [-0.25, -0.2) is 4.98 Å². The van der Waals surface area contributed by atoms with E-state index in [0.717, 1.165) is 5.82 Å². The summed E-state index contributed by atoms with van der Waals surface area (Å²) in [6.07, 6.45) is 3.52. The molecule has 1 unspecified atom stereocenters. The van der Waals surface area contributed by atoms with Gasteiger partial charge in [-0.05, 0) is 6.07 Å². The average molecular weight is 203 g/mol. The van der Waals surface area contributed by atoms with E-state index in [4.69, 9.17) is 5.73 Å². The Morgan fingerprint density at radius 3 is 2.73 bits per heavy atom. The first-order valence-corrected chi connectivity index (χ1v) is 4.71. The van der Waals surface area contributed by atoms with Crippen molar-refractivity contribution in [3.63, 3.8) is 0 Å². The molecule has 0 bridgehead atoms. The Bertz CT molecular complexity index is 464. The summed E-state index contributed by atoms with van der Waals surface area (Å²) in [4.78, 5) is 4.16. The number of hydrogen-bond donors (Lipinski definition) is 2. The van der Waals surface area contributed by atoms with E-state index >= 15 is 0 Å². The lowest BCUT2D eigenvalue weighted by molar-refractivity contribution is 0.463. The first-order chi connectivity index (χ1) is 7.20. The minimum Gasteiger partial charge on any atom is -0.508 e. The van der Waals surface area contributed by atoms with Crippen LogP contribution in [-0.2, 0) is 7.05 Å². The van der Waals surface area contributed by atoms with E-state index < -0.39 is 6.04 Å². The van der Waals surface area contributed by atoms with Crippen LogP contribution in [0.5, 0.6) is 5.75 Å². The van der Waals surface area contributed by atoms with Crippen LogP contribution in [0, 0.1) is 0 Å². The second-order valence-electron chi connectivity index (χ2n) is 3.43. The zero-order valence-electron chi connectivity index (χ0n) is 8.46. The van der Waals surface area contributed by atoms with Gasteiger partial charge in [0.05, 0.1) is 6.04 Å². The van der Waals surface area contributed by atoms with Crippen LogP contribution in [0.2, 0.25) is 0 Å². The molecular weight excluding hydrogens is 190 g/mol. The Labute approximate surface area is 88.0 Å². The van der Waals surface area contributed by atoms with E-state index in [1.54, 1.807) is 24.4 Å². The molecule has 0 amide bonds. The van der Waals surface area contributed by atoms with Crippen LogP contribution in [-0.4, -0.2) is 14.7 Å². The fraction of sp³-hybridized carbons (Fsp3) is 0.182. The average Bonchev–Trinajstić information content (AvgIpc) is 2.64. The number of nitrogens with zero attached hydrogens (tertiary/aromatic N) is 2. The number of phenolic OH excluding ortho intramolecular Hbond substituents is 1. The summed E-state index contributed by atoms with van der Waals surface area (Å²) in [5, 5.41) is 9.65. The Balaban J connectivity index is 2.41. The summed E-state index contributed by atoms with van der Waals surface area (Å²) in [7, 11) is 1.88. The van der Waals surface area contributed by atoms with E-state index in [2.05, 4.69) is 4.98 Å². The predicted octanol–water partition coefficient (Wildman–Crippen LogP) is 1.17. The maximum Gasteiger partial charge on any atom is 0.130 e. The molecule has 0 aliphatic heterocycles. The molecule has 1 heterocycles. The SMILES string of the molecule is Cn1ccnc1C(N)c1ccccc1O. The van der Waals surface area contributed by atoms with Crippen LogP contribution in [0.4, 0.5) is 0 Å². The Hall–Kier alpha value is -1.81. The molecule has 2 aromatic rings. The second kappa shape index (κ2) is 3.74. The van der Waals surface area contributed by atoms with Crippen molar-refractivity contribution in [2.45, 2.75) is 6.04 Å². The van der Waals surface area contributed by atoms with Gasteiger partial charge in [0, 0.05) is 25.0 Å². The highest BCUT2D eigenvalue weighted by molar-refractivity contribution is 5.37. The highest BCUT2D eigenvalue weighted by Crippen LogP contribution is 2.25. The van der Waals surface area contributed by atoms with E-state index in [0.29, 0.717) is 5.56 Å². The molecule has 1 aromatic heterocycles. The quantitative estimate of drug-likeness (QED) is 0.770. The van der Waals surface area contributed by atoms with Gasteiger partial charge in [0.15, 0.2) is 0 Å². The van der Waals surface area contributed by atoms with Crippen molar-refractivity contribution >= 4 is 0 Å². The largest absolute Gasteiger partial charge is 0.508 e. The van der Waals surface area contributed by atoms with Crippen LogP contribution in [0.25, 0.3) is 0 Å². The second-order valence-corrected chi connectivity index (χ2v) is 3.43. The third kappa shape index (κ3) is 1.71. The van der Waals surface area contributed by atoms with Crippen LogP contribution < -0.4 is 5.73 Å². The lowest BCUT2D eigenvalue weighted by Gasteiger charge is -2.13. The van der Waals surface area contributed by atoms with E-state index in [-0.39, 0.29) is 5.75 Å². The Morgan fingerprint density at radius 1 is 1.40 bits per heavy atom. The third-order valence-corrected chi connectivity index (χ3v) is 2.41. The van der Waals surface area contributed by atoms with Gasteiger partial charge in [-0.2, -0.15) is 0 Å². The fourth-order valence-electron chi connectivity index (χ4n) is 1.57. The summed E-state index contributed by atoms with van der Waals surface area (Å²) < 4.78 is 1.84. The van der Waals surface area contributed by atoms with Crippen LogP contribution >= 0.6 is 0 Å². The predicted molar refractivity (Wildman–Crippen MR) is 57.3 cm³/mol. The lowest BCUT2D eigenvalue weighted by Crippen LogP contribution is -2.16. The van der Waals surface area contributed by atoms with Crippen molar-refractivity contribution in [2.24, 2.45) is 12.8 Å². The normalized spacial score (nSPS) is 12.7. The molecule has 0 saturated heterocycles. The summed E-state index contributed by atoms with van der Waals surface area (Å²) in [6, 6.07) is 6.64. The molecule has 0 spiro atoms. The van der Waals surface area contributed by atoms with Crippen molar-refractivity contribution < 1.29 is 5.11 Å². The number of nitrogens with two attached hydrogens (primary N) is 1. The van der Waals surface area contributed by atoms with Crippen molar-refractivity contribution in [1.29, 1.82) is 0 Å². The standard InChI is InChI=1S/C11H13N3O/c1-14-7-6-13-11(14)10(12)8-4-2-3-5-9(8)15/h2-7,10,15H,12H2,1H3. The van der Waals surface area contributed by atoms with Gasteiger partial charge in [0.2, 0.25) is 0 Å². The molecule has 15 heavy (non-hydrogen) atoms. The molecule has 0 aliphatic carbocycles. The van der Waals surface area contributed by atoms with Gasteiger partial charge in [-0.15, -0.1) is 0 Å². The molecule has 0 saturated carbocycles. The highest BCUT2D eigenvalue weighted by Gasteiger charge is 2.15. The maximum absolute atomic E-state index is 9.65. The number of benzene rings is 1. The number of phenols is 1. The van der Waals surface area contributed by atoms with Gasteiger partial charge < -0.3 is 15.4 Å². The molecule has 3 N–H and O–H groups in total. The van der Waals surface area contributed by atoms with Gasteiger partial charge >= 0.3 is 0 Å². The minimum atomic E-state index is -0.397. The van der Waals surface area contributed by atoms with Crippen molar-refractivity contribution in [3.8, 4) is 5.75 Å². The van der Waals surface area contributed by atoms with Crippen LogP contribution in [0.1, 0.15) is 17.4 Å². The van der Waals surface area contributed by atoms with Gasteiger partial charge in [-0.1, -0.05) is 18.2 Å². The first-order valence-electron chi connectivity index (χ1n) is 4.71. The van der Waals surface area contributed by atoms with Crippen LogP contribution in [0.15, 0.2) is 36.7 Å². The molecule has 4 heteroatoms. The summed E-state index contributed by atoms with van der Waals surface area (Å²) >= 11 is 0. The summed E-state index contributed by atoms with van der Waals surface area (Å²) in [5.74, 6) is 0.935. The third-order valence-electron chi connectivity index (χ3n) is 2.41. The molecule has 0 fully saturated rings. The summed E-state index contributed by atoms with van der Waals surface area (Å²) in [5.41, 5.74) is 6.71. The van der Waals surface area contributed by atoms with Gasteiger partial charge in [-0.3, -0.25) is 0 Å². The maximum atomic E-state index is 9.65. The number of imidazole rings is 1. The number of aromatic hydroxyl groups is 1. The highest BCUT2D eigenvalue weighted by atomic mass is 16.3. The van der Waals surface area contributed by atoms with Gasteiger partial charge in [0.1, 0.15) is 11.6 Å². The monoisotopic (exact) mass is 203 g/mol. The lowest BCUT2D eigenvalue weighted by atomic mass is 10.1. The van der Waals surface area contributed by atoms with E-state index in [9.17, 15) is 5.11 Å². The molecule has 0 radical (unpaired) electrons. The number of aromatic nitrogens is 2. The van der Waals surface area contributed by atoms with E-state index in [1.807, 2.05) is 23.9 Å². The molecule has 0 aliphatic rings. The molecule has 2 rings (SSSR count). The molecule has 1 atom stereocenters. The molecular formula is C11H13N3O. The van der Waals surface area contributed by atoms with Crippen molar-refractivity contribution in [3.05, 3.63) is 48.0 Å². The van der Waals surface area contributed by atoms with Crippen molar-refractivity contribution in [2.75, 3.05) is 0 Å². The number of para-hydroxylation sites is 1. The smallest absolute Gasteiger partial charge is 0.130 e. The first kappa shape index (κ1) is 9.73. The topological polar surface area (TPSA) is 64.1 Å². The zero-order valence-corrected chi connectivity index (χ0v) is 8.46. The molecule has 4 nitrogen and oxygen atoms in total. The van der Waals surface area contributed by atoms with E-state index in [1.165, 1.54) is 0 Å². The minimum absolute atomic E-state index is 0.202. The number of hydrogen-bond acceptors (Lipinski definition) is 3. The molecule has 78 valence electrons. The Morgan fingerprint density at radius 2 is 2.13 bits per heavy atom. The zero-order chi connectivity index (χ0) is 10.8. The van der Waals surface area contributed by atoms with Crippen LogP contribution in [0.3, 0.4) is 0 Å². The summed E-state index contributed by atoms with van der Waals surface area (Å²) in [6.45, 7) is 0. The Kier molecular flexibility index (Phi) is 2.43. The molecule has 1 aromatic carbocycles. The fourth-order valence-corrected chi connectivity index (χ4v) is 1.57. The van der Waals surface area contributed by atoms with Gasteiger partial charge in [0.25, 0.3) is 0 Å². The number of aryl methyl sites for hydroxylation is 1.